The van der Waals surface area contributed by atoms with Crippen LogP contribution in [-0.2, 0) is 30.6 Å². The number of ether oxygens (including phenoxy) is 1. The van der Waals surface area contributed by atoms with Gasteiger partial charge < -0.3 is 14.6 Å². The molecule has 1 saturated heterocycles. The van der Waals surface area contributed by atoms with Crippen molar-refractivity contribution >= 4 is 27.5 Å². The van der Waals surface area contributed by atoms with Crippen LogP contribution < -0.4 is 10.3 Å². The van der Waals surface area contributed by atoms with E-state index in [1.54, 1.807) is 18.4 Å². The minimum Gasteiger partial charge on any atom is -0.497 e. The molecule has 0 saturated carbocycles. The number of hydrogen-bond donors (Lipinski definition) is 1. The number of aromatic nitrogens is 2. The first-order chi connectivity index (χ1) is 15.6. The van der Waals surface area contributed by atoms with E-state index in [-0.39, 0.29) is 11.5 Å². The number of nitrogens with zero attached hydrogens (tertiary/aromatic N) is 3. The van der Waals surface area contributed by atoms with Crippen molar-refractivity contribution in [2.24, 2.45) is 0 Å². The number of hydrogen-bond acceptors (Lipinski definition) is 6. The Hall–Kier alpha value is -2.71. The van der Waals surface area contributed by atoms with Gasteiger partial charge in [-0.1, -0.05) is 12.1 Å². The van der Waals surface area contributed by atoms with Gasteiger partial charge in [-0.15, -0.1) is 11.3 Å². The Kier molecular flexibility index (Phi) is 5.97. The molecule has 1 N–H and O–H groups in total. The maximum Gasteiger partial charge on any atom is 0.259 e. The average molecular weight is 453 g/mol. The van der Waals surface area contributed by atoms with Crippen LogP contribution in [-0.4, -0.2) is 59.0 Å². The monoisotopic (exact) mass is 452 g/mol. The zero-order valence-corrected chi connectivity index (χ0v) is 19.2. The molecule has 0 bridgehead atoms. The van der Waals surface area contributed by atoms with Crippen molar-refractivity contribution in [2.75, 3.05) is 33.3 Å². The van der Waals surface area contributed by atoms with Crippen LogP contribution in [0.25, 0.3) is 10.2 Å². The zero-order chi connectivity index (χ0) is 22.1. The van der Waals surface area contributed by atoms with E-state index in [0.717, 1.165) is 59.7 Å². The number of thiophene rings is 1. The van der Waals surface area contributed by atoms with Crippen LogP contribution in [0.1, 0.15) is 34.7 Å². The second-order valence-corrected chi connectivity index (χ2v) is 9.67. The molecule has 7 nitrogen and oxygen atoms in total. The van der Waals surface area contributed by atoms with Crippen molar-refractivity contribution < 1.29 is 9.53 Å². The third kappa shape index (κ3) is 4.29. The Morgan fingerprint density at radius 1 is 1.12 bits per heavy atom. The minimum atomic E-state index is -0.00212. The van der Waals surface area contributed by atoms with E-state index >= 15 is 0 Å². The molecule has 168 valence electrons. The first-order valence-electron chi connectivity index (χ1n) is 11.3. The lowest BCUT2D eigenvalue weighted by molar-refractivity contribution is -0.132. The number of amides is 1. The van der Waals surface area contributed by atoms with Gasteiger partial charge in [-0.05, 0) is 48.9 Å². The largest absolute Gasteiger partial charge is 0.497 e. The summed E-state index contributed by atoms with van der Waals surface area (Å²) < 4.78 is 5.18. The molecule has 32 heavy (non-hydrogen) atoms. The predicted molar refractivity (Wildman–Crippen MR) is 125 cm³/mol. The molecule has 0 atom stereocenters. The fraction of sp³-hybridized carbons (Fsp3) is 0.458. The molecule has 3 heterocycles. The Bertz CT molecular complexity index is 1180. The maximum atomic E-state index is 12.8. The highest BCUT2D eigenvalue weighted by Crippen LogP contribution is 2.33. The lowest BCUT2D eigenvalue weighted by Crippen LogP contribution is -2.49. The SMILES string of the molecule is COc1ccc(CC(=O)N2CCN(Cc3nc4sc5c(c4c(=O)[nH]3)CCCC5)CC2)cc1. The highest BCUT2D eigenvalue weighted by molar-refractivity contribution is 7.18. The molecule has 1 aliphatic heterocycles. The summed E-state index contributed by atoms with van der Waals surface area (Å²) in [6, 6.07) is 7.64. The molecule has 2 aliphatic rings. The number of aromatic amines is 1. The van der Waals surface area contributed by atoms with Crippen LogP contribution in [0.3, 0.4) is 0 Å². The van der Waals surface area contributed by atoms with Crippen molar-refractivity contribution in [3.8, 4) is 5.75 Å². The molecule has 2 aromatic heterocycles. The molecular formula is C24H28N4O3S. The minimum absolute atomic E-state index is 0.00212. The van der Waals surface area contributed by atoms with Crippen LogP contribution in [0, 0.1) is 0 Å². The van der Waals surface area contributed by atoms with Crippen molar-refractivity contribution in [3.63, 3.8) is 0 Å². The summed E-state index contributed by atoms with van der Waals surface area (Å²) in [5.41, 5.74) is 2.21. The van der Waals surface area contributed by atoms with Gasteiger partial charge in [0.05, 0.1) is 25.5 Å². The highest BCUT2D eigenvalue weighted by Gasteiger charge is 2.23. The third-order valence-electron chi connectivity index (χ3n) is 6.49. The fourth-order valence-corrected chi connectivity index (χ4v) is 5.96. The standard InChI is InChI=1S/C24H28N4O3S/c1-31-17-8-6-16(7-9-17)14-21(29)28-12-10-27(11-13-28)15-20-25-23(30)22-18-4-2-3-5-19(18)32-24(22)26-20/h6-9H,2-5,10-15H2,1H3,(H,25,26,30). The Morgan fingerprint density at radius 3 is 2.62 bits per heavy atom. The molecule has 3 aromatic rings. The van der Waals surface area contributed by atoms with Crippen molar-refractivity contribution in [3.05, 3.63) is 56.4 Å². The lowest BCUT2D eigenvalue weighted by atomic mass is 9.97. The van der Waals surface area contributed by atoms with E-state index in [1.165, 1.54) is 16.9 Å². The quantitative estimate of drug-likeness (QED) is 0.644. The van der Waals surface area contributed by atoms with Gasteiger partial charge in [-0.2, -0.15) is 0 Å². The van der Waals surface area contributed by atoms with Gasteiger partial charge in [0.1, 0.15) is 16.4 Å². The summed E-state index contributed by atoms with van der Waals surface area (Å²) in [5, 5.41) is 0.808. The summed E-state index contributed by atoms with van der Waals surface area (Å²) in [4.78, 5) is 39.7. The van der Waals surface area contributed by atoms with Gasteiger partial charge in [0, 0.05) is 31.1 Å². The lowest BCUT2D eigenvalue weighted by Gasteiger charge is -2.34. The van der Waals surface area contributed by atoms with E-state index in [9.17, 15) is 9.59 Å². The van der Waals surface area contributed by atoms with Gasteiger partial charge in [-0.3, -0.25) is 14.5 Å². The van der Waals surface area contributed by atoms with Crippen LogP contribution in [0.5, 0.6) is 5.75 Å². The topological polar surface area (TPSA) is 78.5 Å². The summed E-state index contributed by atoms with van der Waals surface area (Å²) in [6.45, 7) is 3.53. The molecule has 0 radical (unpaired) electrons. The number of rotatable bonds is 5. The van der Waals surface area contributed by atoms with E-state index in [0.29, 0.717) is 26.1 Å². The first kappa shape index (κ1) is 21.2. The van der Waals surface area contributed by atoms with E-state index in [1.807, 2.05) is 29.2 Å². The van der Waals surface area contributed by atoms with Crippen LogP contribution in [0.4, 0.5) is 0 Å². The predicted octanol–water partition coefficient (Wildman–Crippen LogP) is 2.76. The van der Waals surface area contributed by atoms with Crippen LogP contribution >= 0.6 is 11.3 Å². The van der Waals surface area contributed by atoms with Gasteiger partial charge in [-0.25, -0.2) is 4.98 Å². The third-order valence-corrected chi connectivity index (χ3v) is 7.67. The van der Waals surface area contributed by atoms with Crippen molar-refractivity contribution in [1.29, 1.82) is 0 Å². The number of carbonyl (C=O) groups is 1. The fourth-order valence-electron chi connectivity index (χ4n) is 4.68. The van der Waals surface area contributed by atoms with E-state index < -0.39 is 0 Å². The molecule has 1 fully saturated rings. The number of benzene rings is 1. The number of H-pyrrole nitrogens is 1. The summed E-state index contributed by atoms with van der Waals surface area (Å²) in [7, 11) is 1.64. The molecular weight excluding hydrogens is 424 g/mol. The smallest absolute Gasteiger partial charge is 0.259 e. The van der Waals surface area contributed by atoms with Crippen LogP contribution in [0.2, 0.25) is 0 Å². The second kappa shape index (κ2) is 9.03. The Labute approximate surface area is 191 Å². The maximum absolute atomic E-state index is 12.8. The molecule has 1 amide bonds. The Balaban J connectivity index is 1.20. The van der Waals surface area contributed by atoms with Crippen molar-refractivity contribution in [1.82, 2.24) is 19.8 Å². The van der Waals surface area contributed by atoms with Gasteiger partial charge in [0.25, 0.3) is 5.56 Å². The zero-order valence-electron chi connectivity index (χ0n) is 18.4. The average Bonchev–Trinajstić information content (AvgIpc) is 3.19. The summed E-state index contributed by atoms with van der Waals surface area (Å²) in [6.07, 6.45) is 4.82. The van der Waals surface area contributed by atoms with Crippen LogP contribution in [0.15, 0.2) is 29.1 Å². The molecule has 1 aromatic carbocycles. The number of methoxy groups -OCH3 is 1. The summed E-state index contributed by atoms with van der Waals surface area (Å²) in [5.74, 6) is 1.66. The molecule has 1 aliphatic carbocycles. The normalized spacial score (nSPS) is 16.8. The van der Waals surface area contributed by atoms with Gasteiger partial charge in [0.2, 0.25) is 5.91 Å². The number of carbonyl (C=O) groups excluding carboxylic acids is 1. The molecule has 5 rings (SSSR count). The molecule has 8 heteroatoms. The number of piperazine rings is 1. The number of fused-ring (bicyclic) bond motifs is 3. The van der Waals surface area contributed by atoms with Gasteiger partial charge >= 0.3 is 0 Å². The van der Waals surface area contributed by atoms with Gasteiger partial charge in [0.15, 0.2) is 0 Å². The Morgan fingerprint density at radius 2 is 1.88 bits per heavy atom. The van der Waals surface area contributed by atoms with E-state index in [2.05, 4.69) is 9.88 Å². The summed E-state index contributed by atoms with van der Waals surface area (Å²) >= 11 is 1.69. The highest BCUT2D eigenvalue weighted by atomic mass is 32.1. The van der Waals surface area contributed by atoms with Crippen molar-refractivity contribution in [2.45, 2.75) is 38.6 Å². The second-order valence-electron chi connectivity index (χ2n) is 8.59. The molecule has 0 spiro atoms. The number of aryl methyl sites for hydroxylation is 2. The number of nitrogens with one attached hydrogen (secondary N) is 1. The molecule has 0 unspecified atom stereocenters. The van der Waals surface area contributed by atoms with E-state index in [4.69, 9.17) is 9.72 Å². The first-order valence-corrected chi connectivity index (χ1v) is 12.1.